The van der Waals surface area contributed by atoms with Gasteiger partial charge in [-0.25, -0.2) is 4.79 Å². The predicted molar refractivity (Wildman–Crippen MR) is 305 cm³/mol. The van der Waals surface area contributed by atoms with Gasteiger partial charge in [0.15, 0.2) is 0 Å². The number of thiophene rings is 2. The molecule has 4 aromatic heterocycles. The Balaban J connectivity index is 0.000000197. The number of aliphatic hydroxyl groups excluding tert-OH is 4. The summed E-state index contributed by atoms with van der Waals surface area (Å²) in [5.41, 5.74) is 3.46. The Hall–Kier alpha value is -7.38. The zero-order chi connectivity index (χ0) is 61.0. The molecule has 2 fully saturated rings. The van der Waals surface area contributed by atoms with Crippen molar-refractivity contribution in [2.45, 2.75) is 95.3 Å². The molecule has 4 heterocycles. The van der Waals surface area contributed by atoms with Crippen molar-refractivity contribution >= 4 is 66.9 Å². The highest BCUT2D eigenvalue weighted by atomic mass is 32.1. The first-order valence-corrected chi connectivity index (χ1v) is 28.7. The van der Waals surface area contributed by atoms with E-state index in [-0.39, 0.29) is 49.4 Å². The van der Waals surface area contributed by atoms with Crippen LogP contribution in [0.15, 0.2) is 122 Å². The molecule has 2 aliphatic rings. The van der Waals surface area contributed by atoms with E-state index in [1.54, 1.807) is 24.3 Å². The number of carbonyl (C=O) groups excluding carboxylic acids is 3. The zero-order valence-corrected chi connectivity index (χ0v) is 47.6. The molecule has 0 unspecified atom stereocenters. The van der Waals surface area contributed by atoms with Gasteiger partial charge in [0.2, 0.25) is 0 Å². The Morgan fingerprint density at radius 3 is 1.23 bits per heavy atom. The number of quaternary nitrogens is 1. The van der Waals surface area contributed by atoms with Crippen molar-refractivity contribution in [2.75, 3.05) is 39.5 Å². The highest BCUT2D eigenvalue weighted by Gasteiger charge is 2.47. The molecule has 4 aromatic carbocycles. The van der Waals surface area contributed by atoms with Crippen LogP contribution in [0.1, 0.15) is 130 Å². The summed E-state index contributed by atoms with van der Waals surface area (Å²) in [4.78, 5) is 50.8. The summed E-state index contributed by atoms with van der Waals surface area (Å²) in [5, 5.41) is 61.1. The van der Waals surface area contributed by atoms with E-state index in [1.165, 1.54) is 71.2 Å². The lowest BCUT2D eigenvalue weighted by Gasteiger charge is -2.19. The Morgan fingerprint density at radius 2 is 0.917 bits per heavy atom. The minimum atomic E-state index is -4.39. The number of aromatic carboxylic acids is 2. The fourth-order valence-electron chi connectivity index (χ4n) is 9.52. The number of benzene rings is 4. The molecule has 448 valence electrons. The molecule has 15 nitrogen and oxygen atoms in total. The molecule has 84 heavy (non-hydrogen) atoms. The van der Waals surface area contributed by atoms with Crippen molar-refractivity contribution in [3.05, 3.63) is 187 Å². The van der Waals surface area contributed by atoms with Gasteiger partial charge in [-0.05, 0) is 135 Å². The number of nitrogens with one attached hydrogen (secondary N) is 2. The molecule has 0 bridgehead atoms. The predicted octanol–water partition coefficient (Wildman–Crippen LogP) is 8.73. The standard InChI is InChI=1S/2C26H21F3N2O3S.C5H12O2.C4H11NO2/c2*1-15-21(23(32)30-25(11-12-25)18-8-4-17(5-9-18)24(33)34)22-20(35-15)10-13-31(22)14-16-2-6-19(7-3-16)26(27,28)29;6-4-2-1-3-5-7;6-3-1-5-2-4-7/h2*2-10,13H,11-12,14H2,1H3,(H,30,32)(H,33,34);6-7H,1-5H2;5-7H,1-4H2. The highest BCUT2D eigenvalue weighted by Crippen LogP contribution is 2.48. The SMILES string of the molecule is Cc1sc2ccn(Cc3ccc(C(F)(F)F)cc3)c2c1C(=O)NC1(c2ccc(C(=O)O)cc2)CC1.Cc1sc2ccn(Cc3ccc(C(F)(F)F)cc3)c2c1C(=O)NC1(c2ccc(C(=O)[O-])cc2)CC1.OCCCCCO.OCC[NH2+]CCO. The van der Waals surface area contributed by atoms with Crippen LogP contribution < -0.4 is 21.1 Å². The average molecular weight is 1210 g/mol. The normalized spacial score (nSPS) is 13.9. The third-order valence-electron chi connectivity index (χ3n) is 14.3. The first-order chi connectivity index (χ1) is 40.0. The van der Waals surface area contributed by atoms with E-state index in [2.05, 4.69) is 10.6 Å². The lowest BCUT2D eigenvalue weighted by molar-refractivity contribution is -0.657. The van der Waals surface area contributed by atoms with E-state index in [4.69, 9.17) is 25.5 Å². The van der Waals surface area contributed by atoms with Crippen LogP contribution in [-0.4, -0.2) is 97.9 Å². The number of rotatable bonds is 20. The van der Waals surface area contributed by atoms with E-state index in [9.17, 15) is 50.6 Å². The summed E-state index contributed by atoms with van der Waals surface area (Å²) in [6.07, 6.45) is 0.459. The number of carboxylic acids is 2. The fourth-order valence-corrected chi connectivity index (χ4v) is 11.7. The summed E-state index contributed by atoms with van der Waals surface area (Å²) in [6.45, 7) is 6.69. The topological polar surface area (TPSA) is 243 Å². The molecule has 23 heteroatoms. The van der Waals surface area contributed by atoms with Gasteiger partial charge in [0.1, 0.15) is 0 Å². The van der Waals surface area contributed by atoms with Crippen LogP contribution in [-0.2, 0) is 36.5 Å². The van der Waals surface area contributed by atoms with Crippen molar-refractivity contribution in [3.8, 4) is 0 Å². The first-order valence-electron chi connectivity index (χ1n) is 27.0. The first kappa shape index (κ1) is 64.2. The van der Waals surface area contributed by atoms with Gasteiger partial charge < -0.3 is 60.5 Å². The van der Waals surface area contributed by atoms with E-state index in [0.717, 1.165) is 111 Å². The summed E-state index contributed by atoms with van der Waals surface area (Å²) >= 11 is 2.99. The fraction of sp³-hybridized carbons (Fsp3) is 0.344. The van der Waals surface area contributed by atoms with Gasteiger partial charge in [-0.2, -0.15) is 26.3 Å². The summed E-state index contributed by atoms with van der Waals surface area (Å²) in [7, 11) is 0. The summed E-state index contributed by atoms with van der Waals surface area (Å²) in [6, 6.07) is 26.7. The number of aryl methyl sites for hydroxylation is 2. The van der Waals surface area contributed by atoms with Crippen molar-refractivity contribution in [1.29, 1.82) is 0 Å². The van der Waals surface area contributed by atoms with Gasteiger partial charge in [0, 0.05) is 48.5 Å². The van der Waals surface area contributed by atoms with Gasteiger partial charge in [-0.1, -0.05) is 60.7 Å². The maximum absolute atomic E-state index is 13.5. The van der Waals surface area contributed by atoms with E-state index < -0.39 is 46.5 Å². The number of hydrogen-bond donors (Lipinski definition) is 8. The second-order valence-corrected chi connectivity index (χ2v) is 22.9. The maximum Gasteiger partial charge on any atom is 0.416 e. The number of unbranched alkanes of at least 4 members (excludes halogenated alkanes) is 2. The number of aliphatic hydroxyl groups is 4. The Bertz CT molecular complexity index is 3270. The van der Waals surface area contributed by atoms with Crippen LogP contribution in [0.2, 0.25) is 0 Å². The Morgan fingerprint density at radius 1 is 0.548 bits per heavy atom. The monoisotopic (exact) mass is 1210 g/mol. The summed E-state index contributed by atoms with van der Waals surface area (Å²) < 4.78 is 83.0. The second-order valence-electron chi connectivity index (χ2n) is 20.4. The highest BCUT2D eigenvalue weighted by molar-refractivity contribution is 7.19. The molecule has 2 amide bonds. The lowest BCUT2D eigenvalue weighted by atomic mass is 10.0. The minimum absolute atomic E-state index is 0.0763. The third-order valence-corrected chi connectivity index (χ3v) is 16.4. The van der Waals surface area contributed by atoms with Crippen LogP contribution in [0, 0.1) is 13.8 Å². The van der Waals surface area contributed by atoms with Crippen LogP contribution in [0.3, 0.4) is 0 Å². The van der Waals surface area contributed by atoms with Crippen LogP contribution in [0.4, 0.5) is 26.3 Å². The molecule has 0 atom stereocenters. The maximum atomic E-state index is 13.5. The van der Waals surface area contributed by atoms with Gasteiger partial charge in [0.05, 0.1) is 91.6 Å². The second kappa shape index (κ2) is 28.0. The molecular weight excluding hydrogens is 1140 g/mol. The molecular formula is C61H65F6N5O10S2. The molecule has 0 radical (unpaired) electrons. The van der Waals surface area contributed by atoms with Gasteiger partial charge >= 0.3 is 18.3 Å². The van der Waals surface area contributed by atoms with Crippen LogP contribution in [0.5, 0.6) is 0 Å². The number of carboxylic acid groups (broad SMARTS) is 2. The number of aromatic nitrogens is 2. The van der Waals surface area contributed by atoms with Gasteiger partial charge in [0.25, 0.3) is 11.8 Å². The van der Waals surface area contributed by atoms with Gasteiger partial charge in [-0.3, -0.25) is 9.59 Å². The number of nitrogens with zero attached hydrogens (tertiary/aromatic N) is 2. The molecule has 8 aromatic rings. The van der Waals surface area contributed by atoms with Crippen molar-refractivity contribution < 1.29 is 81.5 Å². The molecule has 9 N–H and O–H groups in total. The molecule has 2 aliphatic carbocycles. The van der Waals surface area contributed by atoms with E-state index in [0.29, 0.717) is 48.4 Å². The van der Waals surface area contributed by atoms with E-state index in [1.807, 2.05) is 52.8 Å². The Labute approximate surface area is 487 Å². The number of alkyl halides is 6. The number of hydrogen-bond acceptors (Lipinski definition) is 11. The number of amides is 2. The van der Waals surface area contributed by atoms with Crippen molar-refractivity contribution in [2.24, 2.45) is 0 Å². The largest absolute Gasteiger partial charge is 0.545 e. The third kappa shape index (κ3) is 16.1. The number of nitrogens with two attached hydrogens (primary N) is 1. The van der Waals surface area contributed by atoms with Crippen LogP contribution >= 0.6 is 22.7 Å². The summed E-state index contributed by atoms with van der Waals surface area (Å²) in [5.74, 6) is -2.71. The number of fused-ring (bicyclic) bond motifs is 2. The Kier molecular flexibility index (Phi) is 21.4. The molecule has 2 saturated carbocycles. The molecule has 0 saturated heterocycles. The molecule has 10 rings (SSSR count). The number of halogens is 6. The van der Waals surface area contributed by atoms with E-state index >= 15 is 0 Å². The minimum Gasteiger partial charge on any atom is -0.545 e. The van der Waals surface area contributed by atoms with Crippen LogP contribution in [0.25, 0.3) is 20.4 Å². The average Bonchev–Trinajstić information content (AvgIpc) is 3.92. The zero-order valence-electron chi connectivity index (χ0n) is 46.0. The van der Waals surface area contributed by atoms with Crippen molar-refractivity contribution in [3.63, 3.8) is 0 Å². The molecule has 0 aliphatic heterocycles. The smallest absolute Gasteiger partial charge is 0.416 e. The van der Waals surface area contributed by atoms with Gasteiger partial charge in [-0.15, -0.1) is 22.7 Å². The lowest BCUT2D eigenvalue weighted by Crippen LogP contribution is -2.85. The molecule has 0 spiro atoms. The number of carbonyl (C=O) groups is 4. The van der Waals surface area contributed by atoms with Crippen molar-refractivity contribution in [1.82, 2.24) is 19.8 Å². The quantitative estimate of drug-likeness (QED) is 0.0267.